The molecule has 1 amide bonds. The van der Waals surface area contributed by atoms with Gasteiger partial charge in [-0.05, 0) is 44.3 Å². The number of rotatable bonds is 9. The molecule has 1 aromatic heterocycles. The molecule has 0 aliphatic carbocycles. The Kier molecular flexibility index (Phi) is 7.32. The van der Waals surface area contributed by atoms with Crippen molar-refractivity contribution in [1.29, 1.82) is 0 Å². The number of nitrogens with two attached hydrogens (primary N) is 1. The second kappa shape index (κ2) is 8.26. The predicted octanol–water partition coefficient (Wildman–Crippen LogP) is 3.87. The number of primary amides is 1. The summed E-state index contributed by atoms with van der Waals surface area (Å²) < 4.78 is 9.27. The molecular formula is C13H21Br2N3O2Si. The molecule has 0 radical (unpaired) electrons. The molecule has 0 saturated carbocycles. The molecule has 8 heteroatoms. The average Bonchev–Trinajstić information content (AvgIpc) is 2.68. The molecule has 0 aliphatic rings. The first kappa shape index (κ1) is 18.6. The van der Waals surface area contributed by atoms with E-state index in [1.54, 1.807) is 0 Å². The van der Waals surface area contributed by atoms with Crippen molar-refractivity contribution in [3.63, 3.8) is 0 Å². The lowest BCUT2D eigenvalue weighted by atomic mass is 10.3. The summed E-state index contributed by atoms with van der Waals surface area (Å²) in [5.41, 5.74) is 5.22. The third kappa shape index (κ3) is 5.35. The third-order valence-electron chi connectivity index (χ3n) is 3.28. The van der Waals surface area contributed by atoms with Gasteiger partial charge in [-0.1, -0.05) is 19.2 Å². The molecule has 0 unspecified atom stereocenters. The highest BCUT2D eigenvalue weighted by molar-refractivity contribution is 9.13. The van der Waals surface area contributed by atoms with E-state index in [4.69, 9.17) is 10.5 Å². The average molecular weight is 439 g/mol. The first-order valence-electron chi connectivity index (χ1n) is 6.68. The normalized spacial score (nSPS) is 11.6. The minimum absolute atomic E-state index is 0.177. The van der Waals surface area contributed by atoms with Crippen LogP contribution in [0, 0.1) is 0 Å². The number of carbonyl (C=O) groups is 1. The molecule has 1 rings (SSSR count). The van der Waals surface area contributed by atoms with E-state index in [0.717, 1.165) is 33.9 Å². The smallest absolute Gasteiger partial charge is 0.189 e. The van der Waals surface area contributed by atoms with Crippen molar-refractivity contribution in [2.45, 2.75) is 38.7 Å². The summed E-state index contributed by atoms with van der Waals surface area (Å²) in [5, 5.41) is 0. The quantitative estimate of drug-likeness (QED) is 0.361. The lowest BCUT2D eigenvalue weighted by molar-refractivity contribution is 0.0837. The van der Waals surface area contributed by atoms with Crippen molar-refractivity contribution < 1.29 is 9.53 Å². The van der Waals surface area contributed by atoms with Crippen LogP contribution in [0.4, 0.5) is 4.79 Å². The molecular weight excluding hydrogens is 418 g/mol. The fourth-order valence-electron chi connectivity index (χ4n) is 1.60. The van der Waals surface area contributed by atoms with Crippen LogP contribution in [0.25, 0.3) is 0 Å². The Labute approximate surface area is 143 Å². The van der Waals surface area contributed by atoms with Gasteiger partial charge >= 0.3 is 0 Å². The zero-order valence-corrected chi connectivity index (χ0v) is 16.5. The number of aromatic nitrogens is 2. The van der Waals surface area contributed by atoms with Crippen LogP contribution in [0.15, 0.2) is 21.9 Å². The largest absolute Gasteiger partial charge is 0.374 e. The summed E-state index contributed by atoms with van der Waals surface area (Å²) in [7, 11) is -2.01. The Morgan fingerprint density at radius 1 is 1.52 bits per heavy atom. The van der Waals surface area contributed by atoms with Gasteiger partial charge in [0.25, 0.3) is 0 Å². The predicted molar refractivity (Wildman–Crippen MR) is 94.0 cm³/mol. The maximum atomic E-state index is 11.3. The summed E-state index contributed by atoms with van der Waals surface area (Å²) >= 11 is 6.89. The summed E-state index contributed by atoms with van der Waals surface area (Å²) in [5.74, 6) is 0.931. The van der Waals surface area contributed by atoms with Crippen LogP contribution in [0.2, 0.25) is 19.1 Å². The topological polar surface area (TPSA) is 70.1 Å². The van der Waals surface area contributed by atoms with Gasteiger partial charge in [-0.15, -0.1) is 6.58 Å². The van der Waals surface area contributed by atoms with Crippen LogP contribution in [0.3, 0.4) is 0 Å². The van der Waals surface area contributed by atoms with Crippen LogP contribution >= 0.6 is 31.9 Å². The Bertz CT molecular complexity index is 518. The van der Waals surface area contributed by atoms with Gasteiger partial charge in [0.05, 0.1) is 0 Å². The highest BCUT2D eigenvalue weighted by Crippen LogP contribution is 2.25. The van der Waals surface area contributed by atoms with Gasteiger partial charge in [0.15, 0.2) is 13.6 Å². The highest BCUT2D eigenvalue weighted by Gasteiger charge is 2.27. The fourth-order valence-corrected chi connectivity index (χ4v) is 3.32. The van der Waals surface area contributed by atoms with Crippen LogP contribution < -0.4 is 5.73 Å². The number of amides is 1. The van der Waals surface area contributed by atoms with Crippen molar-refractivity contribution in [2.75, 3.05) is 6.61 Å². The van der Waals surface area contributed by atoms with Gasteiger partial charge in [-0.3, -0.25) is 9.36 Å². The lowest BCUT2D eigenvalue weighted by Crippen LogP contribution is -2.42. The van der Waals surface area contributed by atoms with E-state index in [1.807, 2.05) is 23.7 Å². The van der Waals surface area contributed by atoms with E-state index in [2.05, 4.69) is 43.4 Å². The molecule has 0 spiro atoms. The molecule has 21 heavy (non-hydrogen) atoms. The van der Waals surface area contributed by atoms with Crippen molar-refractivity contribution in [3.8, 4) is 0 Å². The molecule has 0 aliphatic heterocycles. The van der Waals surface area contributed by atoms with Crippen molar-refractivity contribution in [1.82, 2.24) is 9.55 Å². The standard InChI is InChI=1S/C13H21Br2N3O2Si/c1-4-5-6-10-17-11(14)12(15)18(10)9-20-7-8-21(2,3)13(16)19/h4H,1,5-9H2,2-3H3,(H2,16,19). The van der Waals surface area contributed by atoms with E-state index < -0.39 is 8.07 Å². The number of hydrogen-bond donors (Lipinski definition) is 1. The zero-order valence-electron chi connectivity index (χ0n) is 12.4. The maximum Gasteiger partial charge on any atom is 0.189 e. The summed E-state index contributed by atoms with van der Waals surface area (Å²) in [6, 6.07) is 0.720. The van der Waals surface area contributed by atoms with Gasteiger partial charge < -0.3 is 10.5 Å². The van der Waals surface area contributed by atoms with Gasteiger partial charge in [-0.25, -0.2) is 4.98 Å². The Hall–Kier alpha value is -0.443. The number of nitrogens with zero attached hydrogens (tertiary/aromatic N) is 2. The van der Waals surface area contributed by atoms with Gasteiger partial charge in [0, 0.05) is 13.0 Å². The minimum atomic E-state index is -2.01. The van der Waals surface area contributed by atoms with Crippen LogP contribution in [-0.2, 0) is 17.9 Å². The Morgan fingerprint density at radius 3 is 2.76 bits per heavy atom. The first-order chi connectivity index (χ1) is 9.79. The highest BCUT2D eigenvalue weighted by atomic mass is 79.9. The summed E-state index contributed by atoms with van der Waals surface area (Å²) in [6.45, 7) is 8.55. The molecule has 2 N–H and O–H groups in total. The van der Waals surface area contributed by atoms with E-state index in [9.17, 15) is 4.79 Å². The summed E-state index contributed by atoms with van der Waals surface area (Å²) in [6.07, 6.45) is 3.53. The number of aryl methyl sites for hydroxylation is 1. The van der Waals surface area contributed by atoms with E-state index >= 15 is 0 Å². The van der Waals surface area contributed by atoms with Crippen molar-refractivity contribution in [3.05, 3.63) is 27.7 Å². The molecule has 0 fully saturated rings. The van der Waals surface area contributed by atoms with Crippen LogP contribution in [0.1, 0.15) is 12.2 Å². The Morgan fingerprint density at radius 2 is 2.19 bits per heavy atom. The summed E-state index contributed by atoms with van der Waals surface area (Å²) in [4.78, 5) is 15.7. The molecule has 0 atom stereocenters. The number of imidazole rings is 1. The molecule has 0 bridgehead atoms. The number of ether oxygens (including phenoxy) is 1. The number of carbonyl (C=O) groups excluding carboxylic acids is 1. The second-order valence-corrected chi connectivity index (χ2v) is 11.7. The third-order valence-corrected chi connectivity index (χ3v) is 7.95. The molecule has 1 heterocycles. The zero-order chi connectivity index (χ0) is 16.0. The molecule has 0 aromatic carbocycles. The SMILES string of the molecule is C=CCCc1nc(Br)c(Br)n1COCC[Si](C)(C)C(N)=O. The molecule has 1 aromatic rings. The number of allylic oxidation sites excluding steroid dienone is 1. The van der Waals surface area contributed by atoms with Crippen LogP contribution in [-0.4, -0.2) is 29.8 Å². The fraction of sp³-hybridized carbons (Fsp3) is 0.538. The van der Waals surface area contributed by atoms with E-state index in [-0.39, 0.29) is 5.53 Å². The molecule has 118 valence electrons. The lowest BCUT2D eigenvalue weighted by Gasteiger charge is -2.17. The molecule has 5 nitrogen and oxygen atoms in total. The van der Waals surface area contributed by atoms with E-state index in [1.165, 1.54) is 0 Å². The first-order valence-corrected chi connectivity index (χ1v) is 11.5. The Balaban J connectivity index is 2.59. The van der Waals surface area contributed by atoms with Gasteiger partial charge in [-0.2, -0.15) is 0 Å². The van der Waals surface area contributed by atoms with Gasteiger partial charge in [0.1, 0.15) is 21.8 Å². The van der Waals surface area contributed by atoms with Crippen molar-refractivity contribution >= 4 is 45.5 Å². The number of halogens is 2. The maximum absolute atomic E-state index is 11.3. The van der Waals surface area contributed by atoms with Crippen LogP contribution in [0.5, 0.6) is 0 Å². The van der Waals surface area contributed by atoms with Crippen molar-refractivity contribution in [2.24, 2.45) is 5.73 Å². The number of hydrogen-bond acceptors (Lipinski definition) is 3. The monoisotopic (exact) mass is 437 g/mol. The minimum Gasteiger partial charge on any atom is -0.374 e. The van der Waals surface area contributed by atoms with E-state index in [0.29, 0.717) is 13.3 Å². The molecule has 0 saturated heterocycles. The van der Waals surface area contributed by atoms with Gasteiger partial charge in [0.2, 0.25) is 0 Å². The second-order valence-electron chi connectivity index (χ2n) is 5.40.